The maximum Gasteiger partial charge on any atom is 0.122 e. The Kier molecular flexibility index (Phi) is 6.37. The second-order valence-electron chi connectivity index (χ2n) is 8.86. The fourth-order valence-electron chi connectivity index (χ4n) is 5.07. The Hall–Kier alpha value is -3.92. The Morgan fingerprint density at radius 2 is 1.11 bits per heavy atom. The van der Waals surface area contributed by atoms with Gasteiger partial charge in [0.2, 0.25) is 0 Å². The fraction of sp³-hybridized carbons (Fsp3) is 0.226. The van der Waals surface area contributed by atoms with Gasteiger partial charge in [0.05, 0.1) is 28.4 Å². The van der Waals surface area contributed by atoms with E-state index in [-0.39, 0.29) is 0 Å². The molecule has 0 radical (unpaired) electrons. The van der Waals surface area contributed by atoms with Crippen molar-refractivity contribution in [1.82, 2.24) is 0 Å². The molecule has 0 spiro atoms. The summed E-state index contributed by atoms with van der Waals surface area (Å²) in [4.78, 5) is 0. The van der Waals surface area contributed by atoms with Crippen molar-refractivity contribution in [3.8, 4) is 34.1 Å². The topological polar surface area (TPSA) is 36.9 Å². The minimum absolute atomic E-state index is 0.785. The van der Waals surface area contributed by atoms with Crippen LogP contribution in [0.2, 0.25) is 0 Å². The van der Waals surface area contributed by atoms with E-state index in [1.807, 2.05) is 12.1 Å². The van der Waals surface area contributed by atoms with E-state index in [4.69, 9.17) is 18.9 Å². The number of ether oxygens (including phenoxy) is 4. The molecular formula is C31H30O4. The van der Waals surface area contributed by atoms with E-state index >= 15 is 0 Å². The lowest BCUT2D eigenvalue weighted by atomic mass is 9.88. The first-order chi connectivity index (χ1) is 17.1. The van der Waals surface area contributed by atoms with Gasteiger partial charge in [-0.15, -0.1) is 0 Å². The van der Waals surface area contributed by atoms with E-state index in [0.29, 0.717) is 0 Å². The highest BCUT2D eigenvalue weighted by Crippen LogP contribution is 2.41. The van der Waals surface area contributed by atoms with Crippen LogP contribution in [0.3, 0.4) is 0 Å². The van der Waals surface area contributed by atoms with Crippen LogP contribution in [0.5, 0.6) is 23.0 Å². The molecule has 1 aliphatic carbocycles. The Bertz CT molecular complexity index is 1330. The second kappa shape index (κ2) is 9.75. The van der Waals surface area contributed by atoms with Crippen LogP contribution >= 0.6 is 0 Å². The highest BCUT2D eigenvalue weighted by atomic mass is 16.5. The average molecular weight is 467 g/mol. The number of methoxy groups -OCH3 is 4. The zero-order valence-corrected chi connectivity index (χ0v) is 20.7. The third kappa shape index (κ3) is 4.57. The Labute approximate surface area is 207 Å². The van der Waals surface area contributed by atoms with Gasteiger partial charge in [0.25, 0.3) is 0 Å². The molecule has 0 saturated heterocycles. The van der Waals surface area contributed by atoms with E-state index in [2.05, 4.69) is 60.7 Å². The molecule has 5 rings (SSSR count). The summed E-state index contributed by atoms with van der Waals surface area (Å²) < 4.78 is 22.1. The summed E-state index contributed by atoms with van der Waals surface area (Å²) in [6.45, 7) is 0. The zero-order chi connectivity index (χ0) is 24.4. The molecule has 4 aromatic rings. The first-order valence-corrected chi connectivity index (χ1v) is 11.8. The molecule has 0 fully saturated rings. The van der Waals surface area contributed by atoms with Crippen molar-refractivity contribution in [3.63, 3.8) is 0 Å². The number of rotatable bonds is 8. The maximum absolute atomic E-state index is 5.55. The lowest BCUT2D eigenvalue weighted by molar-refractivity contribution is 0.393. The summed E-state index contributed by atoms with van der Waals surface area (Å²) >= 11 is 0. The fourth-order valence-corrected chi connectivity index (χ4v) is 5.07. The normalized spacial score (nSPS) is 11.5. The molecule has 0 aromatic heterocycles. The third-order valence-electron chi connectivity index (χ3n) is 6.80. The van der Waals surface area contributed by atoms with Gasteiger partial charge in [-0.3, -0.25) is 0 Å². The van der Waals surface area contributed by atoms with Crippen LogP contribution in [-0.2, 0) is 19.3 Å². The molecule has 4 heteroatoms. The lowest BCUT2D eigenvalue weighted by Gasteiger charge is -2.17. The van der Waals surface area contributed by atoms with Crippen LogP contribution in [0.4, 0.5) is 0 Å². The van der Waals surface area contributed by atoms with Crippen LogP contribution in [0.15, 0.2) is 72.8 Å². The Morgan fingerprint density at radius 1 is 0.571 bits per heavy atom. The summed E-state index contributed by atoms with van der Waals surface area (Å²) in [6.07, 6.45) is 2.52. The summed E-state index contributed by atoms with van der Waals surface area (Å²) in [7, 11) is 6.76. The third-order valence-corrected chi connectivity index (χ3v) is 6.80. The van der Waals surface area contributed by atoms with Gasteiger partial charge in [0.15, 0.2) is 0 Å². The van der Waals surface area contributed by atoms with Gasteiger partial charge in [-0.1, -0.05) is 36.4 Å². The van der Waals surface area contributed by atoms with E-state index in [1.54, 1.807) is 28.4 Å². The van der Waals surface area contributed by atoms with Crippen molar-refractivity contribution < 1.29 is 18.9 Å². The van der Waals surface area contributed by atoms with Crippen molar-refractivity contribution >= 4 is 0 Å². The number of benzene rings is 4. The quantitative estimate of drug-likeness (QED) is 0.262. The summed E-state index contributed by atoms with van der Waals surface area (Å²) in [5.74, 6) is 3.20. The smallest absolute Gasteiger partial charge is 0.122 e. The monoisotopic (exact) mass is 466 g/mol. The number of hydrogen-bond acceptors (Lipinski definition) is 4. The molecule has 0 heterocycles. The minimum Gasteiger partial charge on any atom is -0.497 e. The largest absolute Gasteiger partial charge is 0.497 e. The minimum atomic E-state index is 0.785. The summed E-state index contributed by atoms with van der Waals surface area (Å²) in [5, 5.41) is 0. The van der Waals surface area contributed by atoms with Gasteiger partial charge in [0.1, 0.15) is 23.0 Å². The summed E-state index contributed by atoms with van der Waals surface area (Å²) in [6, 6.07) is 25.5. The van der Waals surface area contributed by atoms with Crippen LogP contribution in [-0.4, -0.2) is 28.4 Å². The lowest BCUT2D eigenvalue weighted by Crippen LogP contribution is -2.03. The molecule has 35 heavy (non-hydrogen) atoms. The highest BCUT2D eigenvalue weighted by molar-refractivity contribution is 5.79. The Balaban J connectivity index is 1.61. The molecule has 178 valence electrons. The SMILES string of the molecule is COc1cc(Cc2ccc3c(c2Cc2cc(OC)cc(OC)c2)Cc2ccccc2-3)cc(OC)c1. The molecule has 0 aliphatic heterocycles. The van der Waals surface area contributed by atoms with E-state index in [9.17, 15) is 0 Å². The Morgan fingerprint density at radius 3 is 1.69 bits per heavy atom. The maximum atomic E-state index is 5.55. The van der Waals surface area contributed by atoms with Crippen LogP contribution in [0.1, 0.15) is 33.4 Å². The van der Waals surface area contributed by atoms with Crippen molar-refractivity contribution in [1.29, 1.82) is 0 Å². The zero-order valence-electron chi connectivity index (χ0n) is 20.7. The van der Waals surface area contributed by atoms with Crippen LogP contribution < -0.4 is 18.9 Å². The van der Waals surface area contributed by atoms with E-state index < -0.39 is 0 Å². The molecular weight excluding hydrogens is 436 g/mol. The van der Waals surface area contributed by atoms with Crippen molar-refractivity contribution in [2.75, 3.05) is 28.4 Å². The first kappa shape index (κ1) is 22.9. The van der Waals surface area contributed by atoms with E-state index in [0.717, 1.165) is 53.4 Å². The van der Waals surface area contributed by atoms with Crippen molar-refractivity contribution in [2.24, 2.45) is 0 Å². The van der Waals surface area contributed by atoms with Gasteiger partial charge >= 0.3 is 0 Å². The molecule has 0 saturated carbocycles. The molecule has 1 aliphatic rings. The van der Waals surface area contributed by atoms with Gasteiger partial charge in [-0.2, -0.15) is 0 Å². The molecule has 0 unspecified atom stereocenters. The average Bonchev–Trinajstić information content (AvgIpc) is 3.28. The second-order valence-corrected chi connectivity index (χ2v) is 8.86. The van der Waals surface area contributed by atoms with Gasteiger partial charge < -0.3 is 18.9 Å². The van der Waals surface area contributed by atoms with Gasteiger partial charge in [-0.05, 0) is 88.0 Å². The molecule has 0 atom stereocenters. The molecule has 0 bridgehead atoms. The van der Waals surface area contributed by atoms with Gasteiger partial charge in [0, 0.05) is 12.1 Å². The van der Waals surface area contributed by atoms with Gasteiger partial charge in [-0.25, -0.2) is 0 Å². The predicted octanol–water partition coefficient (Wildman–Crippen LogP) is 6.47. The molecule has 4 nitrogen and oxygen atoms in total. The predicted molar refractivity (Wildman–Crippen MR) is 139 cm³/mol. The standard InChI is InChI=1S/C31H30O4/c1-32-24-12-20(13-25(18-24)33-2)11-23-9-10-29-28-8-6-5-7-22(28)17-31(29)30(23)16-21-14-26(34-3)19-27(15-21)35-4/h5-10,12-15,18-19H,11,16-17H2,1-4H3. The van der Waals surface area contributed by atoms with Crippen LogP contribution in [0, 0.1) is 0 Å². The van der Waals surface area contributed by atoms with E-state index in [1.165, 1.54) is 33.4 Å². The molecule has 0 N–H and O–H groups in total. The first-order valence-electron chi connectivity index (χ1n) is 11.8. The summed E-state index contributed by atoms with van der Waals surface area (Å²) in [5.41, 5.74) is 10.4. The van der Waals surface area contributed by atoms with Crippen molar-refractivity contribution in [3.05, 3.63) is 106 Å². The molecule has 4 aromatic carbocycles. The number of hydrogen-bond donors (Lipinski definition) is 0. The number of fused-ring (bicyclic) bond motifs is 3. The highest BCUT2D eigenvalue weighted by Gasteiger charge is 2.23. The van der Waals surface area contributed by atoms with Crippen molar-refractivity contribution in [2.45, 2.75) is 19.3 Å². The molecule has 0 amide bonds. The van der Waals surface area contributed by atoms with Crippen LogP contribution in [0.25, 0.3) is 11.1 Å².